The number of carbonyl (C=O) groups is 1. The fourth-order valence-corrected chi connectivity index (χ4v) is 5.08. The van der Waals surface area contributed by atoms with E-state index in [2.05, 4.69) is 10.4 Å². The van der Waals surface area contributed by atoms with Crippen molar-refractivity contribution in [2.45, 2.75) is 44.3 Å². The first-order valence-electron chi connectivity index (χ1n) is 6.74. The van der Waals surface area contributed by atoms with Crippen LogP contribution < -0.4 is 5.32 Å². The Morgan fingerprint density at radius 2 is 2.42 bits per heavy atom. The lowest BCUT2D eigenvalue weighted by Gasteiger charge is -2.06. The predicted octanol–water partition coefficient (Wildman–Crippen LogP) is 3.38. The average Bonchev–Trinajstić information content (AvgIpc) is 2.96. The van der Waals surface area contributed by atoms with Crippen LogP contribution in [0.4, 0.5) is 5.82 Å². The number of carbonyl (C=O) groups excluding carboxylic acids is 1. The lowest BCUT2D eigenvalue weighted by atomic mass is 10.1. The van der Waals surface area contributed by atoms with Crippen molar-refractivity contribution in [3.63, 3.8) is 0 Å². The van der Waals surface area contributed by atoms with E-state index in [0.717, 1.165) is 23.8 Å². The minimum Gasteiger partial charge on any atom is -0.309 e. The lowest BCUT2D eigenvalue weighted by molar-refractivity contribution is -0.116. The Bertz CT molecular complexity index is 408. The largest absolute Gasteiger partial charge is 0.309 e. The monoisotopic (exact) mass is 299 g/mol. The third-order valence-electron chi connectivity index (χ3n) is 3.29. The van der Waals surface area contributed by atoms with Crippen molar-refractivity contribution in [1.29, 1.82) is 0 Å². The van der Waals surface area contributed by atoms with Crippen LogP contribution in [0.15, 0.2) is 6.07 Å². The summed E-state index contributed by atoms with van der Waals surface area (Å²) in [7, 11) is 5.87. The van der Waals surface area contributed by atoms with Crippen LogP contribution in [-0.4, -0.2) is 26.7 Å². The number of nitrogens with one attached hydrogen (secondary N) is 1. The topological polar surface area (TPSA) is 46.9 Å². The number of aryl methyl sites for hydroxylation is 2. The molecule has 1 aromatic rings. The molecule has 0 aromatic carbocycles. The number of hydrogen-bond acceptors (Lipinski definition) is 4. The van der Waals surface area contributed by atoms with Crippen LogP contribution in [0.3, 0.4) is 0 Å². The maximum absolute atomic E-state index is 11.8. The summed E-state index contributed by atoms with van der Waals surface area (Å²) in [6.45, 7) is 1.97. The van der Waals surface area contributed by atoms with Crippen molar-refractivity contribution in [2.24, 2.45) is 7.05 Å². The summed E-state index contributed by atoms with van der Waals surface area (Å²) >= 11 is 0. The van der Waals surface area contributed by atoms with Crippen molar-refractivity contribution in [3.8, 4) is 0 Å². The van der Waals surface area contributed by atoms with E-state index in [1.807, 2.05) is 41.6 Å². The van der Waals surface area contributed by atoms with Gasteiger partial charge in [-0.3, -0.25) is 9.48 Å². The van der Waals surface area contributed by atoms with Gasteiger partial charge in [0.15, 0.2) is 5.82 Å². The zero-order valence-corrected chi connectivity index (χ0v) is 13.1. The number of hydrogen-bond donors (Lipinski definition) is 1. The number of anilines is 1. The number of unbranched alkanes of at least 4 members (excludes halogenated alkanes) is 1. The van der Waals surface area contributed by atoms with Crippen LogP contribution in [0.1, 0.15) is 37.8 Å². The fraction of sp³-hybridized carbons (Fsp3) is 0.692. The highest BCUT2D eigenvalue weighted by molar-refractivity contribution is 8.77. The van der Waals surface area contributed by atoms with E-state index < -0.39 is 0 Å². The van der Waals surface area contributed by atoms with Gasteiger partial charge in [-0.05, 0) is 26.2 Å². The van der Waals surface area contributed by atoms with Gasteiger partial charge in [0.2, 0.25) is 5.91 Å². The molecule has 19 heavy (non-hydrogen) atoms. The highest BCUT2D eigenvalue weighted by Gasteiger charge is 2.15. The van der Waals surface area contributed by atoms with Crippen molar-refractivity contribution in [3.05, 3.63) is 11.8 Å². The van der Waals surface area contributed by atoms with Gasteiger partial charge in [-0.15, -0.1) is 0 Å². The molecule has 2 rings (SSSR count). The molecule has 1 aliphatic heterocycles. The molecule has 1 aliphatic rings. The first-order chi connectivity index (χ1) is 9.15. The summed E-state index contributed by atoms with van der Waals surface area (Å²) in [4.78, 5) is 11.8. The molecule has 6 heteroatoms. The molecular formula is C13H21N3OS2. The molecule has 1 atom stereocenters. The molecule has 106 valence electrons. The van der Waals surface area contributed by atoms with E-state index in [1.165, 1.54) is 18.6 Å². The quantitative estimate of drug-likeness (QED) is 0.646. The number of nitrogens with zero attached hydrogens (tertiary/aromatic N) is 2. The van der Waals surface area contributed by atoms with Crippen LogP contribution in [0.2, 0.25) is 0 Å². The summed E-state index contributed by atoms with van der Waals surface area (Å²) in [6.07, 6.45) is 5.29. The van der Waals surface area contributed by atoms with Crippen LogP contribution in [0.25, 0.3) is 0 Å². The minimum absolute atomic E-state index is 0.0755. The van der Waals surface area contributed by atoms with Gasteiger partial charge in [-0.1, -0.05) is 28.0 Å². The minimum atomic E-state index is 0.0755. The number of aromatic nitrogens is 2. The van der Waals surface area contributed by atoms with Gasteiger partial charge >= 0.3 is 0 Å². The molecule has 2 heterocycles. The third-order valence-corrected chi connectivity index (χ3v) is 6.30. The summed E-state index contributed by atoms with van der Waals surface area (Å²) in [5, 5.41) is 7.88. The van der Waals surface area contributed by atoms with E-state index in [-0.39, 0.29) is 5.91 Å². The molecule has 1 fully saturated rings. The Morgan fingerprint density at radius 3 is 3.05 bits per heavy atom. The second-order valence-corrected chi connectivity index (χ2v) is 7.70. The Balaban J connectivity index is 1.61. The highest BCUT2D eigenvalue weighted by Crippen LogP contribution is 2.39. The van der Waals surface area contributed by atoms with Crippen LogP contribution in [-0.2, 0) is 11.8 Å². The molecule has 0 saturated carbocycles. The van der Waals surface area contributed by atoms with E-state index >= 15 is 0 Å². The molecule has 1 amide bonds. The van der Waals surface area contributed by atoms with Crippen molar-refractivity contribution in [1.82, 2.24) is 9.78 Å². The summed E-state index contributed by atoms with van der Waals surface area (Å²) in [5.74, 6) is 2.02. The molecule has 0 bridgehead atoms. The smallest absolute Gasteiger partial charge is 0.225 e. The van der Waals surface area contributed by atoms with Gasteiger partial charge in [0.05, 0.1) is 0 Å². The number of amides is 1. The normalized spacial score (nSPS) is 18.7. The number of rotatable bonds is 6. The maximum Gasteiger partial charge on any atom is 0.225 e. The van der Waals surface area contributed by atoms with Crippen LogP contribution in [0, 0.1) is 6.92 Å². The van der Waals surface area contributed by atoms with E-state index in [1.54, 1.807) is 4.68 Å². The molecule has 4 nitrogen and oxygen atoms in total. The van der Waals surface area contributed by atoms with Crippen molar-refractivity contribution < 1.29 is 4.79 Å². The molecule has 1 saturated heterocycles. The van der Waals surface area contributed by atoms with Crippen LogP contribution in [0.5, 0.6) is 0 Å². The zero-order valence-electron chi connectivity index (χ0n) is 11.5. The van der Waals surface area contributed by atoms with Gasteiger partial charge in [-0.2, -0.15) is 5.10 Å². The Hall–Kier alpha value is -0.620. The molecular weight excluding hydrogens is 278 g/mol. The molecule has 1 aromatic heterocycles. The lowest BCUT2D eigenvalue weighted by Crippen LogP contribution is -2.12. The molecule has 1 N–H and O–H groups in total. The SMILES string of the molecule is Cc1cc(NC(=O)CCCCC2CCSS2)nn1C. The van der Waals surface area contributed by atoms with Crippen molar-refractivity contribution >= 4 is 33.3 Å². The highest BCUT2D eigenvalue weighted by atomic mass is 33.1. The molecule has 0 aliphatic carbocycles. The first-order valence-corrected chi connectivity index (χ1v) is 9.12. The fourth-order valence-electron chi connectivity index (χ4n) is 2.05. The standard InChI is InChI=1S/C13H21N3OS2/c1-10-9-12(15-16(10)2)14-13(17)6-4-3-5-11-7-8-18-19-11/h9,11H,3-8H2,1-2H3,(H,14,15,17). The second kappa shape index (κ2) is 7.24. The zero-order chi connectivity index (χ0) is 13.7. The summed E-state index contributed by atoms with van der Waals surface area (Å²) in [5.41, 5.74) is 1.05. The van der Waals surface area contributed by atoms with Gasteiger partial charge < -0.3 is 5.32 Å². The van der Waals surface area contributed by atoms with Crippen molar-refractivity contribution in [2.75, 3.05) is 11.1 Å². The van der Waals surface area contributed by atoms with Gasteiger partial charge in [0, 0.05) is 36.2 Å². The van der Waals surface area contributed by atoms with E-state index in [4.69, 9.17) is 0 Å². The Morgan fingerprint density at radius 1 is 1.58 bits per heavy atom. The second-order valence-electron chi connectivity index (χ2n) is 4.92. The summed E-state index contributed by atoms with van der Waals surface area (Å²) in [6, 6.07) is 1.89. The first kappa shape index (κ1) is 14.8. The van der Waals surface area contributed by atoms with E-state index in [9.17, 15) is 4.79 Å². The van der Waals surface area contributed by atoms with Gasteiger partial charge in [0.1, 0.15) is 0 Å². The maximum atomic E-state index is 11.8. The third kappa shape index (κ3) is 4.76. The van der Waals surface area contributed by atoms with Gasteiger partial charge in [0.25, 0.3) is 0 Å². The average molecular weight is 299 g/mol. The molecule has 0 spiro atoms. The Labute approximate surface area is 122 Å². The van der Waals surface area contributed by atoms with Crippen LogP contribution >= 0.6 is 21.6 Å². The van der Waals surface area contributed by atoms with E-state index in [0.29, 0.717) is 12.2 Å². The van der Waals surface area contributed by atoms with Gasteiger partial charge in [-0.25, -0.2) is 0 Å². The Kier molecular flexibility index (Phi) is 5.63. The molecule has 0 radical (unpaired) electrons. The predicted molar refractivity (Wildman–Crippen MR) is 83.5 cm³/mol. The summed E-state index contributed by atoms with van der Waals surface area (Å²) < 4.78 is 1.77. The molecule has 1 unspecified atom stereocenters.